The first-order chi connectivity index (χ1) is 6.79. The summed E-state index contributed by atoms with van der Waals surface area (Å²) in [4.78, 5) is 28.1. The predicted molar refractivity (Wildman–Crippen MR) is 52.7 cm³/mol. The lowest BCUT2D eigenvalue weighted by Crippen LogP contribution is -1.99. The first-order valence-electron chi connectivity index (χ1n) is 3.57. The molecule has 0 amide bonds. The van der Waals surface area contributed by atoms with Crippen LogP contribution in [0.25, 0.3) is 0 Å². The van der Waals surface area contributed by atoms with Gasteiger partial charge in [-0.3, -0.25) is 0 Å². The zero-order valence-electron chi connectivity index (χ0n) is 7.12. The van der Waals surface area contributed by atoms with Crippen molar-refractivity contribution in [2.75, 3.05) is 0 Å². The molecule has 0 aliphatic heterocycles. The molecule has 1 aromatic rings. The second kappa shape index (κ2) is 4.24. The number of hydrogen-bond donors (Lipinski definition) is 3. The topological polar surface area (TPSA) is 87.0 Å². The molecule has 5 nitrogen and oxygen atoms in total. The van der Waals surface area contributed by atoms with E-state index in [1.807, 2.05) is 0 Å². The highest BCUT2D eigenvalue weighted by Gasteiger charge is 2.16. The van der Waals surface area contributed by atoms with Gasteiger partial charge in [-0.2, -0.15) is 0 Å². The number of rotatable bonds is 3. The zero-order chi connectivity index (χ0) is 11.6. The molecule has 3 N–H and O–H groups in total. The number of aromatic carboxylic acids is 1. The highest BCUT2D eigenvalue weighted by atomic mass is 32.5. The smallest absolute Gasteiger partial charge is 0.375 e. The van der Waals surface area contributed by atoms with Crippen LogP contribution in [0.5, 0.6) is 5.75 Å². The maximum atomic E-state index is 13.0. The fourth-order valence-electron chi connectivity index (χ4n) is 0.834. The molecule has 15 heavy (non-hydrogen) atoms. The number of carboxylic acids is 1. The van der Waals surface area contributed by atoms with Crippen molar-refractivity contribution in [3.8, 4) is 5.75 Å². The van der Waals surface area contributed by atoms with Crippen LogP contribution >= 0.6 is 6.72 Å². The van der Waals surface area contributed by atoms with E-state index in [-0.39, 0.29) is 5.56 Å². The van der Waals surface area contributed by atoms with Crippen molar-refractivity contribution in [1.82, 2.24) is 0 Å². The van der Waals surface area contributed by atoms with Crippen LogP contribution in [0, 0.1) is 5.82 Å². The highest BCUT2D eigenvalue weighted by Crippen LogP contribution is 2.39. The largest absolute Gasteiger partial charge is 0.478 e. The lowest BCUT2D eigenvalue weighted by atomic mass is 10.2. The minimum Gasteiger partial charge on any atom is -0.478 e. The minimum absolute atomic E-state index is 0.241. The van der Waals surface area contributed by atoms with E-state index in [1.165, 1.54) is 0 Å². The summed E-state index contributed by atoms with van der Waals surface area (Å²) in [6.45, 7) is -4.06. The van der Waals surface area contributed by atoms with Crippen molar-refractivity contribution < 1.29 is 28.6 Å². The molecule has 82 valence electrons. The molecule has 0 saturated carbocycles. The van der Waals surface area contributed by atoms with Gasteiger partial charge in [0.05, 0.1) is 5.56 Å². The summed E-state index contributed by atoms with van der Waals surface area (Å²) < 4.78 is 17.3. The number of benzene rings is 1. The quantitative estimate of drug-likeness (QED) is 0.698. The van der Waals surface area contributed by atoms with Crippen molar-refractivity contribution in [2.24, 2.45) is 0 Å². The highest BCUT2D eigenvalue weighted by molar-refractivity contribution is 8.06. The molecule has 0 heterocycles. The Labute approximate surface area is 89.0 Å². The van der Waals surface area contributed by atoms with E-state index in [4.69, 9.17) is 14.9 Å². The molecule has 0 aromatic heterocycles. The minimum atomic E-state index is -4.06. The van der Waals surface area contributed by atoms with Crippen molar-refractivity contribution >= 4 is 24.5 Å². The summed E-state index contributed by atoms with van der Waals surface area (Å²) in [6, 6.07) is 2.68. The average Bonchev–Trinajstić information content (AvgIpc) is 2.06. The van der Waals surface area contributed by atoms with Crippen LogP contribution in [-0.2, 0) is 11.8 Å². The lowest BCUT2D eigenvalue weighted by Gasteiger charge is -2.10. The molecule has 0 saturated heterocycles. The summed E-state index contributed by atoms with van der Waals surface area (Å²) in [7, 11) is 0. The van der Waals surface area contributed by atoms with Gasteiger partial charge < -0.3 is 19.4 Å². The zero-order valence-corrected chi connectivity index (χ0v) is 8.83. The van der Waals surface area contributed by atoms with Gasteiger partial charge in [-0.1, -0.05) is 0 Å². The molecule has 0 bridgehead atoms. The Balaban J connectivity index is 3.11. The Hall–Kier alpha value is -1.01. The average molecular weight is 252 g/mol. The fourth-order valence-corrected chi connectivity index (χ4v) is 1.47. The molecule has 0 unspecified atom stereocenters. The Morgan fingerprint density at radius 3 is 2.53 bits per heavy atom. The molecule has 8 heteroatoms. The summed E-state index contributed by atoms with van der Waals surface area (Å²) in [5, 5.41) is 8.58. The maximum Gasteiger partial charge on any atom is 0.375 e. The normalized spacial score (nSPS) is 11.1. The molecular formula is C7H6FO5PS. The van der Waals surface area contributed by atoms with Crippen LogP contribution in [0.4, 0.5) is 4.39 Å². The van der Waals surface area contributed by atoms with Crippen molar-refractivity contribution in [3.63, 3.8) is 0 Å². The molecule has 0 aliphatic carbocycles. The van der Waals surface area contributed by atoms with Crippen LogP contribution in [0.15, 0.2) is 18.2 Å². The Morgan fingerprint density at radius 2 is 2.07 bits per heavy atom. The number of halogens is 1. The SMILES string of the molecule is O=C(O)c1ccc(F)c(OP(O)(O)=S)c1. The first kappa shape index (κ1) is 12.1. The summed E-state index contributed by atoms with van der Waals surface area (Å²) >= 11 is 4.12. The standard InChI is InChI=1S/C7H6FO5PS/c8-5-2-1-4(7(9)10)3-6(5)13-14(11,12)15/h1-3H,(H,9,10)(H2,11,12,15). The van der Waals surface area contributed by atoms with Gasteiger partial charge in [-0.15, -0.1) is 0 Å². The molecule has 1 rings (SSSR count). The van der Waals surface area contributed by atoms with E-state index in [2.05, 4.69) is 16.3 Å². The van der Waals surface area contributed by atoms with Gasteiger partial charge in [0, 0.05) is 11.8 Å². The van der Waals surface area contributed by atoms with Gasteiger partial charge in [0.15, 0.2) is 11.6 Å². The van der Waals surface area contributed by atoms with Crippen LogP contribution in [0.3, 0.4) is 0 Å². The number of carboxylic acid groups (broad SMARTS) is 1. The van der Waals surface area contributed by atoms with Crippen molar-refractivity contribution in [2.45, 2.75) is 0 Å². The molecule has 0 aliphatic rings. The molecule has 0 spiro atoms. The van der Waals surface area contributed by atoms with Crippen LogP contribution in [0.1, 0.15) is 10.4 Å². The van der Waals surface area contributed by atoms with Gasteiger partial charge in [-0.25, -0.2) is 9.18 Å². The summed E-state index contributed by atoms with van der Waals surface area (Å²) in [5.41, 5.74) is -0.241. The van der Waals surface area contributed by atoms with Crippen LogP contribution < -0.4 is 4.52 Å². The fraction of sp³-hybridized carbons (Fsp3) is 0. The Bertz CT molecular complexity index is 443. The van der Waals surface area contributed by atoms with Crippen LogP contribution in [0.2, 0.25) is 0 Å². The van der Waals surface area contributed by atoms with E-state index >= 15 is 0 Å². The second-order valence-electron chi connectivity index (χ2n) is 2.53. The van der Waals surface area contributed by atoms with Gasteiger partial charge in [0.25, 0.3) is 0 Å². The lowest BCUT2D eigenvalue weighted by molar-refractivity contribution is 0.0696. The molecule has 0 radical (unpaired) electrons. The third kappa shape index (κ3) is 3.56. The van der Waals surface area contributed by atoms with E-state index in [0.717, 1.165) is 18.2 Å². The Kier molecular flexibility index (Phi) is 3.41. The summed E-state index contributed by atoms with van der Waals surface area (Å²) in [6.07, 6.45) is 0. The van der Waals surface area contributed by atoms with Gasteiger partial charge in [-0.05, 0) is 18.2 Å². The number of hydrogen-bond acceptors (Lipinski definition) is 3. The molecule has 1 aromatic carbocycles. The monoisotopic (exact) mass is 252 g/mol. The number of carbonyl (C=O) groups is 1. The van der Waals surface area contributed by atoms with E-state index in [1.54, 1.807) is 0 Å². The van der Waals surface area contributed by atoms with Crippen LogP contribution in [-0.4, -0.2) is 20.9 Å². The van der Waals surface area contributed by atoms with Gasteiger partial charge in [0.1, 0.15) is 0 Å². The molecule has 0 fully saturated rings. The van der Waals surface area contributed by atoms with E-state index in [9.17, 15) is 9.18 Å². The van der Waals surface area contributed by atoms with Crippen molar-refractivity contribution in [3.05, 3.63) is 29.6 Å². The summed E-state index contributed by atoms with van der Waals surface area (Å²) in [5.74, 6) is -2.80. The van der Waals surface area contributed by atoms with Crippen molar-refractivity contribution in [1.29, 1.82) is 0 Å². The molecule has 0 atom stereocenters. The predicted octanol–water partition coefficient (Wildman–Crippen LogP) is 1.11. The van der Waals surface area contributed by atoms with Gasteiger partial charge >= 0.3 is 12.7 Å². The first-order valence-corrected chi connectivity index (χ1v) is 6.20. The van der Waals surface area contributed by atoms with E-state index in [0.29, 0.717) is 0 Å². The van der Waals surface area contributed by atoms with Gasteiger partial charge in [0.2, 0.25) is 0 Å². The third-order valence-corrected chi connectivity index (χ3v) is 2.05. The molecular weight excluding hydrogens is 246 g/mol. The third-order valence-electron chi connectivity index (χ3n) is 1.40. The Morgan fingerprint density at radius 1 is 1.47 bits per heavy atom. The second-order valence-corrected chi connectivity index (χ2v) is 5.12. The maximum absolute atomic E-state index is 13.0. The van der Waals surface area contributed by atoms with E-state index < -0.39 is 24.3 Å².